The topological polar surface area (TPSA) is 176 Å². The third kappa shape index (κ3) is 10.3. The first-order valence-electron chi connectivity index (χ1n) is 14.4. The number of carbonyl (C=O) groups is 5. The second kappa shape index (κ2) is 16.5. The molecule has 1 heterocycles. The zero-order valence-corrected chi connectivity index (χ0v) is 25.9. The molecule has 1 fully saturated rings. The molecule has 5 atom stereocenters. The fourth-order valence-corrected chi connectivity index (χ4v) is 4.86. The van der Waals surface area contributed by atoms with Gasteiger partial charge in [-0.1, -0.05) is 30.3 Å². The number of rotatable bonds is 13. The van der Waals surface area contributed by atoms with Gasteiger partial charge in [-0.2, -0.15) is 0 Å². The van der Waals surface area contributed by atoms with Crippen molar-refractivity contribution in [2.24, 2.45) is 5.73 Å². The van der Waals surface area contributed by atoms with Crippen molar-refractivity contribution in [3.8, 4) is 16.9 Å². The number of carbonyl (C=O) groups excluding carboxylic acids is 5. The highest BCUT2D eigenvalue weighted by atomic mass is 16.7. The second-order valence-electron chi connectivity index (χ2n) is 10.4. The summed E-state index contributed by atoms with van der Waals surface area (Å²) in [4.78, 5) is 60.1. The summed E-state index contributed by atoms with van der Waals surface area (Å²) in [5.74, 6) is -2.99. The monoisotopic (exact) mass is 629 g/mol. The minimum atomic E-state index is -1.42. The normalized spacial score (nSPS) is 20.8. The fourth-order valence-electron chi connectivity index (χ4n) is 4.86. The van der Waals surface area contributed by atoms with Gasteiger partial charge >= 0.3 is 29.8 Å². The van der Waals surface area contributed by atoms with Crippen LogP contribution in [0.3, 0.4) is 0 Å². The minimum absolute atomic E-state index is 0.0487. The molecule has 13 heteroatoms. The molecule has 0 unspecified atom stereocenters. The highest BCUT2D eigenvalue weighted by Gasteiger charge is 2.53. The maximum absolute atomic E-state index is 12.3. The van der Waals surface area contributed by atoms with Crippen LogP contribution >= 0.6 is 0 Å². The van der Waals surface area contributed by atoms with Gasteiger partial charge in [0.15, 0.2) is 12.2 Å². The van der Waals surface area contributed by atoms with Crippen molar-refractivity contribution in [2.45, 2.75) is 77.7 Å². The minimum Gasteiger partial charge on any atom is -0.469 e. The molecule has 1 saturated heterocycles. The number of nitrogens with two attached hydrogens (primary N) is 1. The van der Waals surface area contributed by atoms with Gasteiger partial charge in [0.25, 0.3) is 0 Å². The van der Waals surface area contributed by atoms with Gasteiger partial charge in [0, 0.05) is 33.3 Å². The SMILES string of the molecule is COC(=O)Cc1cccc(-c2cc(CCCN)ccc2O[C@H]2O[C@H](COC(C)=O)[C@@H](OC(C)=O)[C@H](OC(C)=O)[C@@H]2OC(C)=O)c1. The number of aryl methyl sites for hydroxylation is 1. The largest absolute Gasteiger partial charge is 0.469 e. The van der Waals surface area contributed by atoms with E-state index in [0.717, 1.165) is 32.8 Å². The Balaban J connectivity index is 2.12. The first-order chi connectivity index (χ1) is 21.4. The molecule has 0 aliphatic carbocycles. The summed E-state index contributed by atoms with van der Waals surface area (Å²) in [6, 6.07) is 12.7. The van der Waals surface area contributed by atoms with E-state index in [0.29, 0.717) is 35.4 Å². The molecule has 0 saturated carbocycles. The van der Waals surface area contributed by atoms with Crippen LogP contribution in [0.1, 0.15) is 45.2 Å². The maximum Gasteiger partial charge on any atom is 0.309 e. The number of methoxy groups -OCH3 is 1. The van der Waals surface area contributed by atoms with Crippen molar-refractivity contribution in [2.75, 3.05) is 20.3 Å². The Bertz CT molecular complexity index is 1380. The van der Waals surface area contributed by atoms with Gasteiger partial charge in [-0.05, 0) is 48.2 Å². The van der Waals surface area contributed by atoms with Gasteiger partial charge in [-0.3, -0.25) is 24.0 Å². The molecule has 0 aromatic heterocycles. The fraction of sp³-hybridized carbons (Fsp3) is 0.469. The number of hydrogen-bond acceptors (Lipinski definition) is 13. The Morgan fingerprint density at radius 2 is 1.47 bits per heavy atom. The van der Waals surface area contributed by atoms with Crippen LogP contribution in [0, 0.1) is 0 Å². The van der Waals surface area contributed by atoms with Crippen molar-refractivity contribution in [3.05, 3.63) is 53.6 Å². The molecule has 13 nitrogen and oxygen atoms in total. The quantitative estimate of drug-likeness (QED) is 0.253. The Hall–Kier alpha value is -4.49. The molecule has 45 heavy (non-hydrogen) atoms. The summed E-state index contributed by atoms with van der Waals surface area (Å²) in [6.07, 6.45) is -5.22. The van der Waals surface area contributed by atoms with Crippen molar-refractivity contribution >= 4 is 29.8 Å². The predicted octanol–water partition coefficient (Wildman–Crippen LogP) is 2.42. The molecule has 1 aliphatic heterocycles. The lowest BCUT2D eigenvalue weighted by Gasteiger charge is -2.44. The molecule has 0 spiro atoms. The summed E-state index contributed by atoms with van der Waals surface area (Å²) < 4.78 is 39.0. The lowest BCUT2D eigenvalue weighted by molar-refractivity contribution is -0.288. The number of ether oxygens (including phenoxy) is 7. The molecule has 3 rings (SSSR count). The Morgan fingerprint density at radius 1 is 0.800 bits per heavy atom. The molecule has 0 radical (unpaired) electrons. The van der Waals surface area contributed by atoms with Gasteiger partial charge in [0.1, 0.15) is 18.5 Å². The number of hydrogen-bond donors (Lipinski definition) is 1. The summed E-state index contributed by atoms with van der Waals surface area (Å²) in [5.41, 5.74) is 8.71. The third-order valence-corrected chi connectivity index (χ3v) is 6.72. The van der Waals surface area contributed by atoms with Crippen LogP contribution in [0.15, 0.2) is 42.5 Å². The van der Waals surface area contributed by atoms with Crippen LogP contribution in [0.4, 0.5) is 0 Å². The second-order valence-corrected chi connectivity index (χ2v) is 10.4. The van der Waals surface area contributed by atoms with E-state index in [2.05, 4.69) is 0 Å². The van der Waals surface area contributed by atoms with Crippen LogP contribution in [-0.2, 0) is 65.2 Å². The third-order valence-electron chi connectivity index (χ3n) is 6.72. The van der Waals surface area contributed by atoms with E-state index < -0.39 is 67.2 Å². The Kier molecular flexibility index (Phi) is 12.9. The molecule has 2 aromatic rings. The average molecular weight is 630 g/mol. The van der Waals surface area contributed by atoms with Gasteiger partial charge in [-0.15, -0.1) is 0 Å². The molecule has 2 N–H and O–H groups in total. The molecule has 0 bridgehead atoms. The van der Waals surface area contributed by atoms with Gasteiger partial charge < -0.3 is 38.9 Å². The van der Waals surface area contributed by atoms with E-state index in [9.17, 15) is 24.0 Å². The van der Waals surface area contributed by atoms with Gasteiger partial charge in [-0.25, -0.2) is 0 Å². The van der Waals surface area contributed by atoms with E-state index in [1.165, 1.54) is 14.0 Å². The maximum atomic E-state index is 12.3. The summed E-state index contributed by atoms with van der Waals surface area (Å²) in [5, 5.41) is 0. The van der Waals surface area contributed by atoms with E-state index in [4.69, 9.17) is 38.9 Å². The lowest BCUT2D eigenvalue weighted by atomic mass is 9.96. The van der Waals surface area contributed by atoms with Crippen LogP contribution in [0.25, 0.3) is 11.1 Å². The van der Waals surface area contributed by atoms with Crippen LogP contribution in [-0.4, -0.2) is 80.8 Å². The van der Waals surface area contributed by atoms with E-state index in [-0.39, 0.29) is 6.42 Å². The Labute approximate surface area is 261 Å². The zero-order valence-electron chi connectivity index (χ0n) is 25.9. The van der Waals surface area contributed by atoms with E-state index in [1.807, 2.05) is 24.3 Å². The molecule has 244 valence electrons. The van der Waals surface area contributed by atoms with Crippen molar-refractivity contribution in [3.63, 3.8) is 0 Å². The zero-order chi connectivity index (χ0) is 33.1. The summed E-state index contributed by atoms with van der Waals surface area (Å²) in [7, 11) is 1.31. The van der Waals surface area contributed by atoms with Crippen molar-refractivity contribution < 1.29 is 57.1 Å². The summed E-state index contributed by atoms with van der Waals surface area (Å²) in [6.45, 7) is 4.73. The molecular formula is C32H39NO12. The molecule has 1 aliphatic rings. The van der Waals surface area contributed by atoms with Crippen LogP contribution in [0.2, 0.25) is 0 Å². The number of benzene rings is 2. The van der Waals surface area contributed by atoms with Crippen LogP contribution in [0.5, 0.6) is 5.75 Å². The first kappa shape index (κ1) is 35.0. The van der Waals surface area contributed by atoms with Gasteiger partial charge in [0.05, 0.1) is 13.5 Å². The van der Waals surface area contributed by atoms with E-state index >= 15 is 0 Å². The average Bonchev–Trinajstić information content (AvgIpc) is 2.97. The van der Waals surface area contributed by atoms with Crippen LogP contribution < -0.4 is 10.5 Å². The van der Waals surface area contributed by atoms with Crippen molar-refractivity contribution in [1.82, 2.24) is 0 Å². The lowest BCUT2D eigenvalue weighted by Crippen LogP contribution is -2.63. The van der Waals surface area contributed by atoms with E-state index in [1.54, 1.807) is 18.2 Å². The predicted molar refractivity (Wildman–Crippen MR) is 158 cm³/mol. The van der Waals surface area contributed by atoms with Gasteiger partial charge in [0.2, 0.25) is 12.4 Å². The Morgan fingerprint density at radius 3 is 2.09 bits per heavy atom. The highest BCUT2D eigenvalue weighted by Crippen LogP contribution is 2.36. The molecule has 0 amide bonds. The molecule has 2 aromatic carbocycles. The molecular weight excluding hydrogens is 590 g/mol. The summed E-state index contributed by atoms with van der Waals surface area (Å²) >= 11 is 0. The van der Waals surface area contributed by atoms with Crippen molar-refractivity contribution in [1.29, 1.82) is 0 Å². The highest BCUT2D eigenvalue weighted by molar-refractivity contribution is 5.76. The standard InChI is InChI=1S/C32H39NO12/c1-18(34)40-17-27-29(41-19(2)35)30(42-20(3)36)31(43-21(4)37)32(45-27)44-26-12-11-22(9-7-13-33)15-25(26)24-10-6-8-23(14-24)16-28(38)39-5/h6,8,10-12,14-15,27,29-32H,7,9,13,16-17,33H2,1-5H3/t27-,29-,30+,31+,32+/m1/s1. The smallest absolute Gasteiger partial charge is 0.309 e. The first-order valence-corrected chi connectivity index (χ1v) is 14.4. The number of esters is 5.